The van der Waals surface area contributed by atoms with Crippen molar-refractivity contribution in [3.8, 4) is 0 Å². The van der Waals surface area contributed by atoms with Crippen LogP contribution >= 0.6 is 0 Å². The minimum absolute atomic E-state index is 0.113. The van der Waals surface area contributed by atoms with E-state index in [0.29, 0.717) is 29.9 Å². The van der Waals surface area contributed by atoms with Crippen LogP contribution in [0.3, 0.4) is 0 Å². The summed E-state index contributed by atoms with van der Waals surface area (Å²) in [7, 11) is 2.07. The lowest BCUT2D eigenvalue weighted by molar-refractivity contribution is 0.0694. The zero-order valence-corrected chi connectivity index (χ0v) is 16.4. The van der Waals surface area contributed by atoms with Gasteiger partial charge in [-0.2, -0.15) is 0 Å². The van der Waals surface area contributed by atoms with E-state index in [-0.39, 0.29) is 29.1 Å². The van der Waals surface area contributed by atoms with Crippen LogP contribution in [0.5, 0.6) is 0 Å². The van der Waals surface area contributed by atoms with Crippen LogP contribution in [0.15, 0.2) is 23.1 Å². The van der Waals surface area contributed by atoms with E-state index in [2.05, 4.69) is 25.8 Å². The Morgan fingerprint density at radius 3 is 2.46 bits per heavy atom. The van der Waals surface area contributed by atoms with Crippen molar-refractivity contribution in [3.05, 3.63) is 45.5 Å². The van der Waals surface area contributed by atoms with Crippen LogP contribution in [0.1, 0.15) is 42.7 Å². The van der Waals surface area contributed by atoms with E-state index in [0.717, 1.165) is 0 Å². The normalized spacial score (nSPS) is 24.8. The quantitative estimate of drug-likeness (QED) is 0.861. The fourth-order valence-corrected chi connectivity index (χ4v) is 4.38. The predicted molar refractivity (Wildman–Crippen MR) is 108 cm³/mol. The van der Waals surface area contributed by atoms with Crippen LogP contribution in [0.25, 0.3) is 17.0 Å². The fourth-order valence-electron chi connectivity index (χ4n) is 4.38. The number of carbonyl (C=O) groups is 1. The van der Waals surface area contributed by atoms with Gasteiger partial charge < -0.3 is 14.6 Å². The molecule has 0 spiro atoms. The average molecular weight is 385 g/mol. The van der Waals surface area contributed by atoms with Crippen LogP contribution in [-0.4, -0.2) is 52.8 Å². The van der Waals surface area contributed by atoms with Crippen molar-refractivity contribution < 1.29 is 14.3 Å². The third-order valence-electron chi connectivity index (χ3n) is 6.16. The minimum atomic E-state index is -1.30. The number of carboxylic acids is 1. The number of benzene rings is 1. The van der Waals surface area contributed by atoms with Crippen LogP contribution in [0.2, 0.25) is 0 Å². The van der Waals surface area contributed by atoms with Crippen molar-refractivity contribution >= 4 is 28.6 Å². The molecule has 3 unspecified atom stereocenters. The minimum Gasteiger partial charge on any atom is -0.477 e. The van der Waals surface area contributed by atoms with Gasteiger partial charge in [0.1, 0.15) is 11.4 Å². The summed E-state index contributed by atoms with van der Waals surface area (Å²) in [6.07, 6.45) is 5.14. The van der Waals surface area contributed by atoms with Gasteiger partial charge in [0.15, 0.2) is 0 Å². The summed E-state index contributed by atoms with van der Waals surface area (Å²) in [6, 6.07) is 1.60. The highest BCUT2D eigenvalue weighted by Gasteiger charge is 2.31. The number of halogens is 1. The molecule has 4 rings (SSSR count). The Morgan fingerprint density at radius 1 is 1.21 bits per heavy atom. The molecule has 0 bridgehead atoms. The van der Waals surface area contributed by atoms with Gasteiger partial charge in [-0.25, -0.2) is 9.18 Å². The summed E-state index contributed by atoms with van der Waals surface area (Å²) < 4.78 is 17.0. The van der Waals surface area contributed by atoms with Gasteiger partial charge in [0.25, 0.3) is 0 Å². The molecule has 1 N–H and O–H groups in total. The SMILES string of the molecule is CC1CN(c2c(F)cc3c(=O)c(C(=O)O)cn4c3c2C=CC4C)CC(C)N1C. The molecule has 7 heteroatoms. The lowest BCUT2D eigenvalue weighted by Crippen LogP contribution is -2.55. The molecule has 3 atom stereocenters. The Bertz CT molecular complexity index is 1060. The molecule has 0 saturated carbocycles. The fraction of sp³-hybridized carbons (Fsp3) is 0.429. The first-order valence-corrected chi connectivity index (χ1v) is 9.50. The maximum absolute atomic E-state index is 15.3. The molecule has 0 amide bonds. The van der Waals surface area contributed by atoms with E-state index in [1.54, 1.807) is 4.57 Å². The second-order valence-electron chi connectivity index (χ2n) is 7.97. The third-order valence-corrected chi connectivity index (χ3v) is 6.16. The molecule has 1 aromatic heterocycles. The first-order valence-electron chi connectivity index (χ1n) is 9.50. The molecule has 2 aliphatic heterocycles. The number of piperazine rings is 1. The zero-order chi connectivity index (χ0) is 20.3. The molecule has 1 fully saturated rings. The lowest BCUT2D eigenvalue weighted by Gasteiger charge is -2.44. The molecule has 1 aromatic carbocycles. The number of rotatable bonds is 2. The standard InChI is InChI=1S/C21H24FN3O3/c1-11-5-6-14-18-15(20(26)16(21(27)28)10-25(11)18)7-17(22)19(14)24-8-12(2)23(4)13(3)9-24/h5-7,10-13H,8-9H2,1-4H3,(H,27,28). The first kappa shape index (κ1) is 18.7. The number of hydrogen-bond acceptors (Lipinski definition) is 4. The molecule has 6 nitrogen and oxygen atoms in total. The number of carboxylic acid groups (broad SMARTS) is 1. The van der Waals surface area contributed by atoms with Crippen molar-refractivity contribution in [1.82, 2.24) is 9.47 Å². The van der Waals surface area contributed by atoms with Crippen molar-refractivity contribution in [3.63, 3.8) is 0 Å². The molecule has 2 aromatic rings. The molecule has 0 aliphatic carbocycles. The van der Waals surface area contributed by atoms with E-state index in [1.165, 1.54) is 12.3 Å². The maximum atomic E-state index is 15.3. The van der Waals surface area contributed by atoms with E-state index in [1.807, 2.05) is 24.0 Å². The summed E-state index contributed by atoms with van der Waals surface area (Å²) in [4.78, 5) is 28.5. The molecular weight excluding hydrogens is 361 g/mol. The smallest absolute Gasteiger partial charge is 0.341 e. The number of aromatic nitrogens is 1. The van der Waals surface area contributed by atoms with Crippen molar-refractivity contribution in [2.24, 2.45) is 0 Å². The molecule has 148 valence electrons. The number of aromatic carboxylic acids is 1. The van der Waals surface area contributed by atoms with Crippen molar-refractivity contribution in [2.45, 2.75) is 38.9 Å². The Hall–Kier alpha value is -2.67. The van der Waals surface area contributed by atoms with Gasteiger partial charge in [-0.05, 0) is 33.9 Å². The Kier molecular flexibility index (Phi) is 4.30. The van der Waals surface area contributed by atoms with Crippen molar-refractivity contribution in [1.29, 1.82) is 0 Å². The van der Waals surface area contributed by atoms with Crippen LogP contribution in [-0.2, 0) is 0 Å². The number of allylic oxidation sites excluding steroid dienone is 1. The topological polar surface area (TPSA) is 65.8 Å². The van der Waals surface area contributed by atoms with E-state index >= 15 is 4.39 Å². The number of likely N-dealkylation sites (N-methyl/N-ethyl adjacent to an activating group) is 1. The van der Waals surface area contributed by atoms with Crippen molar-refractivity contribution in [2.75, 3.05) is 25.0 Å². The van der Waals surface area contributed by atoms with Gasteiger partial charge >= 0.3 is 5.97 Å². The number of pyridine rings is 1. The van der Waals surface area contributed by atoms with Crippen LogP contribution < -0.4 is 10.3 Å². The zero-order valence-electron chi connectivity index (χ0n) is 16.4. The third kappa shape index (κ3) is 2.64. The Labute approximate surface area is 162 Å². The highest BCUT2D eigenvalue weighted by Crippen LogP contribution is 2.38. The largest absolute Gasteiger partial charge is 0.477 e. The van der Waals surface area contributed by atoms with Gasteiger partial charge in [0.2, 0.25) is 5.43 Å². The molecule has 2 aliphatic rings. The summed E-state index contributed by atoms with van der Waals surface area (Å²) in [5.74, 6) is -1.79. The molecule has 0 radical (unpaired) electrons. The molecular formula is C21H24FN3O3. The number of anilines is 1. The average Bonchev–Trinajstić information content (AvgIpc) is 2.63. The van der Waals surface area contributed by atoms with E-state index in [4.69, 9.17) is 0 Å². The van der Waals surface area contributed by atoms with Crippen LogP contribution in [0, 0.1) is 5.82 Å². The summed E-state index contributed by atoms with van der Waals surface area (Å²) >= 11 is 0. The second kappa shape index (κ2) is 6.44. The summed E-state index contributed by atoms with van der Waals surface area (Å²) in [6.45, 7) is 7.49. The monoisotopic (exact) mass is 385 g/mol. The highest BCUT2D eigenvalue weighted by molar-refractivity contribution is 5.99. The van der Waals surface area contributed by atoms with Crippen LogP contribution in [0.4, 0.5) is 10.1 Å². The van der Waals surface area contributed by atoms with Gasteiger partial charge in [0.05, 0.1) is 16.6 Å². The molecule has 28 heavy (non-hydrogen) atoms. The van der Waals surface area contributed by atoms with Gasteiger partial charge in [-0.15, -0.1) is 0 Å². The van der Waals surface area contributed by atoms with Gasteiger partial charge in [0, 0.05) is 43.0 Å². The predicted octanol–water partition coefficient (Wildman–Crippen LogP) is 2.96. The summed E-state index contributed by atoms with van der Waals surface area (Å²) in [5, 5.41) is 9.51. The number of nitrogens with zero attached hydrogens (tertiary/aromatic N) is 3. The second-order valence-corrected chi connectivity index (χ2v) is 7.97. The van der Waals surface area contributed by atoms with Gasteiger partial charge in [-0.1, -0.05) is 12.2 Å². The summed E-state index contributed by atoms with van der Waals surface area (Å²) in [5.41, 5.74) is 0.744. The van der Waals surface area contributed by atoms with Gasteiger partial charge in [-0.3, -0.25) is 9.69 Å². The lowest BCUT2D eigenvalue weighted by atomic mass is 9.97. The Balaban J connectivity index is 2.00. The van der Waals surface area contributed by atoms with E-state index < -0.39 is 17.2 Å². The first-order chi connectivity index (χ1) is 13.2. The number of hydrogen-bond donors (Lipinski definition) is 1. The van der Waals surface area contributed by atoms with E-state index in [9.17, 15) is 14.7 Å². The molecule has 1 saturated heterocycles. The maximum Gasteiger partial charge on any atom is 0.341 e. The molecule has 3 heterocycles. The Morgan fingerprint density at radius 2 is 1.86 bits per heavy atom. The highest BCUT2D eigenvalue weighted by atomic mass is 19.1.